The molecule has 0 saturated heterocycles. The van der Waals surface area contributed by atoms with Crippen LogP contribution in [0.2, 0.25) is 0 Å². The third kappa shape index (κ3) is 5.70. The molecule has 0 atom stereocenters. The number of nitrogens with zero attached hydrogens (tertiary/aromatic N) is 2. The van der Waals surface area contributed by atoms with Gasteiger partial charge in [0.25, 0.3) is 0 Å². The van der Waals surface area contributed by atoms with Crippen molar-refractivity contribution >= 4 is 51.5 Å². The second-order valence-electron chi connectivity index (χ2n) is 6.13. The van der Waals surface area contributed by atoms with Crippen LogP contribution >= 0.6 is 34.9 Å². The molecule has 1 amide bonds. The SMILES string of the molecule is CCC(CC)NC(=O)CSc1nnc(SCc2cccc3ccccc23)s1. The summed E-state index contributed by atoms with van der Waals surface area (Å²) in [5.74, 6) is 1.31. The lowest BCUT2D eigenvalue weighted by Gasteiger charge is -2.13. The Morgan fingerprint density at radius 2 is 1.74 bits per heavy atom. The van der Waals surface area contributed by atoms with Gasteiger partial charge >= 0.3 is 0 Å². The van der Waals surface area contributed by atoms with Crippen LogP contribution in [-0.2, 0) is 10.5 Å². The van der Waals surface area contributed by atoms with E-state index < -0.39 is 0 Å². The molecule has 0 aliphatic rings. The molecule has 1 heterocycles. The van der Waals surface area contributed by atoms with Crippen molar-refractivity contribution in [2.45, 2.75) is 47.2 Å². The number of nitrogens with one attached hydrogen (secondary N) is 1. The molecule has 1 aromatic heterocycles. The summed E-state index contributed by atoms with van der Waals surface area (Å²) in [6.07, 6.45) is 1.92. The van der Waals surface area contributed by atoms with E-state index in [1.54, 1.807) is 23.1 Å². The number of carbonyl (C=O) groups excluding carboxylic acids is 1. The highest BCUT2D eigenvalue weighted by atomic mass is 32.2. The molecule has 3 aromatic rings. The number of rotatable bonds is 9. The van der Waals surface area contributed by atoms with Crippen molar-refractivity contribution in [1.82, 2.24) is 15.5 Å². The van der Waals surface area contributed by atoms with Crippen LogP contribution in [0.3, 0.4) is 0 Å². The number of benzene rings is 2. The molecule has 0 radical (unpaired) electrons. The molecule has 0 aliphatic heterocycles. The van der Waals surface area contributed by atoms with Gasteiger partial charge in [-0.3, -0.25) is 4.79 Å². The van der Waals surface area contributed by atoms with E-state index in [4.69, 9.17) is 0 Å². The Kier molecular flexibility index (Phi) is 7.55. The first-order chi connectivity index (χ1) is 13.2. The van der Waals surface area contributed by atoms with Crippen LogP contribution in [0.25, 0.3) is 10.8 Å². The molecule has 1 N–H and O–H groups in total. The average Bonchev–Trinajstić information content (AvgIpc) is 3.16. The highest BCUT2D eigenvalue weighted by Gasteiger charge is 2.12. The normalized spacial score (nSPS) is 11.2. The summed E-state index contributed by atoms with van der Waals surface area (Å²) in [6, 6.07) is 15.1. The van der Waals surface area contributed by atoms with Gasteiger partial charge in [0.15, 0.2) is 8.68 Å². The number of carbonyl (C=O) groups is 1. The van der Waals surface area contributed by atoms with Gasteiger partial charge < -0.3 is 5.32 Å². The van der Waals surface area contributed by atoms with Crippen molar-refractivity contribution < 1.29 is 4.79 Å². The van der Waals surface area contributed by atoms with Crippen LogP contribution in [0.5, 0.6) is 0 Å². The van der Waals surface area contributed by atoms with E-state index in [1.807, 2.05) is 0 Å². The molecular weight excluding hydrogens is 394 g/mol. The Bertz CT molecular complexity index is 888. The quantitative estimate of drug-likeness (QED) is 0.474. The smallest absolute Gasteiger partial charge is 0.230 e. The van der Waals surface area contributed by atoms with Crippen LogP contribution in [0, 0.1) is 0 Å². The number of hydrogen-bond donors (Lipinski definition) is 1. The molecular formula is C20H23N3OS3. The van der Waals surface area contributed by atoms with Crippen molar-refractivity contribution in [3.8, 4) is 0 Å². The van der Waals surface area contributed by atoms with Crippen LogP contribution < -0.4 is 5.32 Å². The first kappa shape index (κ1) is 20.2. The van der Waals surface area contributed by atoms with E-state index in [9.17, 15) is 4.79 Å². The Balaban J connectivity index is 1.53. The zero-order chi connectivity index (χ0) is 19.1. The largest absolute Gasteiger partial charge is 0.353 e. The summed E-state index contributed by atoms with van der Waals surface area (Å²) in [5, 5.41) is 14.1. The Hall–Kier alpha value is -1.57. The zero-order valence-electron chi connectivity index (χ0n) is 15.5. The van der Waals surface area contributed by atoms with Crippen LogP contribution in [0.15, 0.2) is 51.1 Å². The summed E-state index contributed by atoms with van der Waals surface area (Å²) >= 11 is 4.70. The predicted octanol–water partition coefficient (Wildman–Crippen LogP) is 5.38. The molecule has 0 saturated carbocycles. The number of aromatic nitrogens is 2. The molecule has 3 rings (SSSR count). The monoisotopic (exact) mass is 417 g/mol. The van der Waals surface area contributed by atoms with Gasteiger partial charge in [0.2, 0.25) is 5.91 Å². The van der Waals surface area contributed by atoms with Crippen LogP contribution in [-0.4, -0.2) is 27.9 Å². The highest BCUT2D eigenvalue weighted by molar-refractivity contribution is 8.03. The number of hydrogen-bond acceptors (Lipinski definition) is 6. The topological polar surface area (TPSA) is 54.9 Å². The molecule has 0 unspecified atom stereocenters. The summed E-state index contributed by atoms with van der Waals surface area (Å²) in [5.41, 5.74) is 1.30. The van der Waals surface area contributed by atoms with Gasteiger partial charge in [-0.25, -0.2) is 0 Å². The van der Waals surface area contributed by atoms with E-state index >= 15 is 0 Å². The zero-order valence-corrected chi connectivity index (χ0v) is 17.9. The minimum absolute atomic E-state index is 0.0638. The maximum absolute atomic E-state index is 12.0. The molecule has 7 heteroatoms. The first-order valence-electron chi connectivity index (χ1n) is 9.04. The van der Waals surface area contributed by atoms with Gasteiger partial charge in [-0.15, -0.1) is 10.2 Å². The maximum Gasteiger partial charge on any atom is 0.230 e. The van der Waals surface area contributed by atoms with Gasteiger partial charge in [-0.2, -0.15) is 0 Å². The second-order valence-corrected chi connectivity index (χ2v) is 9.55. The lowest BCUT2D eigenvalue weighted by molar-refractivity contribution is -0.119. The van der Waals surface area contributed by atoms with Crippen molar-refractivity contribution in [3.05, 3.63) is 48.0 Å². The number of amides is 1. The van der Waals surface area contributed by atoms with E-state index in [0.717, 1.165) is 27.3 Å². The van der Waals surface area contributed by atoms with E-state index in [1.165, 1.54) is 28.1 Å². The van der Waals surface area contributed by atoms with Crippen molar-refractivity contribution in [1.29, 1.82) is 0 Å². The Morgan fingerprint density at radius 3 is 2.52 bits per heavy atom. The van der Waals surface area contributed by atoms with Gasteiger partial charge in [-0.1, -0.05) is 91.2 Å². The number of thioether (sulfide) groups is 2. The second kappa shape index (κ2) is 10.1. The first-order valence-corrected chi connectivity index (χ1v) is 11.8. The minimum atomic E-state index is 0.0638. The average molecular weight is 418 g/mol. The number of fused-ring (bicyclic) bond motifs is 1. The van der Waals surface area contributed by atoms with E-state index in [-0.39, 0.29) is 11.9 Å². The fraction of sp³-hybridized carbons (Fsp3) is 0.350. The summed E-state index contributed by atoms with van der Waals surface area (Å²) in [4.78, 5) is 12.0. The van der Waals surface area contributed by atoms with Crippen LogP contribution in [0.4, 0.5) is 0 Å². The van der Waals surface area contributed by atoms with Crippen molar-refractivity contribution in [3.63, 3.8) is 0 Å². The molecule has 27 heavy (non-hydrogen) atoms. The molecule has 0 aliphatic carbocycles. The van der Waals surface area contributed by atoms with E-state index in [2.05, 4.69) is 71.8 Å². The maximum atomic E-state index is 12.0. The predicted molar refractivity (Wildman–Crippen MR) is 117 cm³/mol. The summed E-state index contributed by atoms with van der Waals surface area (Å²) < 4.78 is 1.78. The summed E-state index contributed by atoms with van der Waals surface area (Å²) in [7, 11) is 0. The third-order valence-electron chi connectivity index (χ3n) is 4.30. The molecule has 2 aromatic carbocycles. The van der Waals surface area contributed by atoms with E-state index in [0.29, 0.717) is 5.75 Å². The fourth-order valence-electron chi connectivity index (χ4n) is 2.76. The molecule has 4 nitrogen and oxygen atoms in total. The standard InChI is InChI=1S/C20H23N3OS3/c1-3-16(4-2)21-18(24)13-26-20-23-22-19(27-20)25-12-15-10-7-9-14-8-5-6-11-17(14)15/h5-11,16H,3-4,12-13H2,1-2H3,(H,21,24). The van der Waals surface area contributed by atoms with Gasteiger partial charge in [0, 0.05) is 11.8 Å². The highest BCUT2D eigenvalue weighted by Crippen LogP contribution is 2.32. The molecule has 0 fully saturated rings. The molecule has 0 spiro atoms. The Morgan fingerprint density at radius 1 is 1.04 bits per heavy atom. The minimum Gasteiger partial charge on any atom is -0.353 e. The summed E-state index contributed by atoms with van der Waals surface area (Å²) in [6.45, 7) is 4.18. The molecule has 0 bridgehead atoms. The van der Waals surface area contributed by atoms with Crippen LogP contribution in [0.1, 0.15) is 32.3 Å². The lowest BCUT2D eigenvalue weighted by atomic mass is 10.1. The van der Waals surface area contributed by atoms with Crippen molar-refractivity contribution in [2.24, 2.45) is 0 Å². The molecule has 142 valence electrons. The van der Waals surface area contributed by atoms with Gasteiger partial charge in [0.1, 0.15) is 0 Å². The Labute approximate surface area is 172 Å². The third-order valence-corrected chi connectivity index (χ3v) is 7.54. The van der Waals surface area contributed by atoms with Gasteiger partial charge in [-0.05, 0) is 29.2 Å². The van der Waals surface area contributed by atoms with Crippen molar-refractivity contribution in [2.75, 3.05) is 5.75 Å². The fourth-order valence-corrected chi connectivity index (χ4v) is 5.60. The lowest BCUT2D eigenvalue weighted by Crippen LogP contribution is -2.34. The van der Waals surface area contributed by atoms with Gasteiger partial charge in [0.05, 0.1) is 5.75 Å².